The molecule has 0 aliphatic rings. The van der Waals surface area contributed by atoms with Gasteiger partial charge >= 0.3 is 0 Å². The Balaban J connectivity index is 0.00000180. The molecule has 1 N–H and O–H groups in total. The first-order chi connectivity index (χ1) is 8.90. The van der Waals surface area contributed by atoms with Gasteiger partial charge in [0.2, 0.25) is 0 Å². The van der Waals surface area contributed by atoms with E-state index in [4.69, 9.17) is 0 Å². The van der Waals surface area contributed by atoms with Crippen molar-refractivity contribution in [2.75, 3.05) is 13.1 Å². The predicted molar refractivity (Wildman–Crippen MR) is 77.2 cm³/mol. The average Bonchev–Trinajstić information content (AvgIpc) is 2.45. The molecule has 0 bridgehead atoms. The number of rotatable bonds is 6. The van der Waals surface area contributed by atoms with Gasteiger partial charge in [0.1, 0.15) is 5.69 Å². The number of hydrogen-bond donors (Lipinski definition) is 1. The van der Waals surface area contributed by atoms with E-state index >= 15 is 0 Å². The van der Waals surface area contributed by atoms with E-state index in [2.05, 4.69) is 67.6 Å². The fourth-order valence-corrected chi connectivity index (χ4v) is 2.33. The summed E-state index contributed by atoms with van der Waals surface area (Å²) < 4.78 is 0. The van der Waals surface area contributed by atoms with E-state index in [0.29, 0.717) is 0 Å². The molecular weight excluding hydrogens is 298 g/mol. The molecule has 0 aromatic heterocycles. The van der Waals surface area contributed by atoms with Crippen LogP contribution in [0.5, 0.6) is 0 Å². The summed E-state index contributed by atoms with van der Waals surface area (Å²) in [7, 11) is 0. The highest BCUT2D eigenvalue weighted by atomic mass is 79.9. The molecule has 1 nitrogen and oxygen atoms in total. The summed E-state index contributed by atoms with van der Waals surface area (Å²) in [4.78, 5) is 1.59. The van der Waals surface area contributed by atoms with Gasteiger partial charge in [0.15, 0.2) is 0 Å². The van der Waals surface area contributed by atoms with Crippen LogP contribution in [0.15, 0.2) is 60.7 Å². The number of hydrogen-bond acceptors (Lipinski definition) is 0. The van der Waals surface area contributed by atoms with Gasteiger partial charge in [-0.1, -0.05) is 55.5 Å². The normalized spacial score (nSPS) is 11.6. The van der Waals surface area contributed by atoms with E-state index in [9.17, 15) is 0 Å². The summed E-state index contributed by atoms with van der Waals surface area (Å²) in [6, 6.07) is 21.6. The third-order valence-electron chi connectivity index (χ3n) is 3.29. The number of quaternary nitrogens is 1. The topological polar surface area (TPSA) is 4.44 Å². The van der Waals surface area contributed by atoms with Crippen molar-refractivity contribution in [1.29, 1.82) is 0 Å². The second kappa shape index (κ2) is 8.89. The number of nitrogens with one attached hydrogen (secondary N) is 1. The zero-order valence-electron chi connectivity index (χ0n) is 11.5. The van der Waals surface area contributed by atoms with Crippen LogP contribution in [0.3, 0.4) is 0 Å². The standard InChI is InChI=1S/C17H21N.BrH/c1-2-14-18(17-11-7-4-8-12-17)15-13-16-9-5-3-6-10-16;/h3-12H,2,13-15H2,1H3;1H. The van der Waals surface area contributed by atoms with Crippen LogP contribution in [0.4, 0.5) is 5.69 Å². The maximum atomic E-state index is 2.26. The van der Waals surface area contributed by atoms with Gasteiger partial charge in [-0.05, 0) is 24.1 Å². The highest BCUT2D eigenvalue weighted by molar-refractivity contribution is 5.28. The lowest BCUT2D eigenvalue weighted by molar-refractivity contribution is -0.832. The first-order valence-electron chi connectivity index (χ1n) is 6.84. The van der Waals surface area contributed by atoms with E-state index in [0.717, 1.165) is 6.42 Å². The van der Waals surface area contributed by atoms with Crippen LogP contribution in [0, 0.1) is 0 Å². The van der Waals surface area contributed by atoms with Crippen molar-refractivity contribution in [3.05, 3.63) is 66.2 Å². The lowest BCUT2D eigenvalue weighted by Gasteiger charge is -2.18. The smallest absolute Gasteiger partial charge is 0.131 e. The first-order valence-corrected chi connectivity index (χ1v) is 6.84. The SMILES string of the molecule is CCC[NH+](CCc1ccccc1)c1ccccc1.[Br-]. The van der Waals surface area contributed by atoms with E-state index < -0.39 is 0 Å². The minimum Gasteiger partial charge on any atom is -1.00 e. The molecule has 0 saturated carbocycles. The monoisotopic (exact) mass is 319 g/mol. The van der Waals surface area contributed by atoms with Crippen molar-refractivity contribution >= 4 is 5.69 Å². The van der Waals surface area contributed by atoms with Crippen molar-refractivity contribution < 1.29 is 21.9 Å². The highest BCUT2D eigenvalue weighted by Gasteiger charge is 2.10. The Morgan fingerprint density at radius 3 is 1.95 bits per heavy atom. The maximum Gasteiger partial charge on any atom is 0.131 e. The van der Waals surface area contributed by atoms with Gasteiger partial charge < -0.3 is 21.9 Å². The molecule has 2 heteroatoms. The Bertz CT molecular complexity index is 441. The molecule has 0 saturated heterocycles. The molecule has 2 rings (SSSR count). The molecule has 0 aliphatic heterocycles. The van der Waals surface area contributed by atoms with Gasteiger partial charge in [-0.2, -0.15) is 0 Å². The second-order valence-corrected chi connectivity index (χ2v) is 4.71. The third kappa shape index (κ3) is 5.17. The Morgan fingerprint density at radius 1 is 0.789 bits per heavy atom. The molecular formula is C17H22BrN. The van der Waals surface area contributed by atoms with Crippen molar-refractivity contribution in [2.45, 2.75) is 19.8 Å². The summed E-state index contributed by atoms with van der Waals surface area (Å²) in [6.45, 7) is 4.63. The van der Waals surface area contributed by atoms with Crippen LogP contribution in [-0.4, -0.2) is 13.1 Å². The Hall–Kier alpha value is -1.12. The van der Waals surface area contributed by atoms with Crippen LogP contribution in [0.25, 0.3) is 0 Å². The Labute approximate surface area is 127 Å². The van der Waals surface area contributed by atoms with E-state index in [1.165, 1.54) is 30.8 Å². The summed E-state index contributed by atoms with van der Waals surface area (Å²) in [5.74, 6) is 0. The van der Waals surface area contributed by atoms with E-state index in [-0.39, 0.29) is 17.0 Å². The predicted octanol–water partition coefficient (Wildman–Crippen LogP) is -0.140. The summed E-state index contributed by atoms with van der Waals surface area (Å²) in [6.07, 6.45) is 2.37. The summed E-state index contributed by atoms with van der Waals surface area (Å²) in [5.41, 5.74) is 2.84. The van der Waals surface area contributed by atoms with Gasteiger partial charge in [0.25, 0.3) is 0 Å². The van der Waals surface area contributed by atoms with Crippen LogP contribution in [0.2, 0.25) is 0 Å². The molecule has 0 amide bonds. The van der Waals surface area contributed by atoms with E-state index in [1.807, 2.05) is 0 Å². The van der Waals surface area contributed by atoms with Gasteiger partial charge in [-0.3, -0.25) is 0 Å². The molecule has 19 heavy (non-hydrogen) atoms. The van der Waals surface area contributed by atoms with Gasteiger partial charge in [-0.25, -0.2) is 0 Å². The van der Waals surface area contributed by atoms with Crippen molar-refractivity contribution in [2.24, 2.45) is 0 Å². The molecule has 2 aromatic rings. The number of benzene rings is 2. The first kappa shape index (κ1) is 15.9. The second-order valence-electron chi connectivity index (χ2n) is 4.71. The minimum atomic E-state index is 0. The highest BCUT2D eigenvalue weighted by Crippen LogP contribution is 2.01. The molecule has 102 valence electrons. The quantitative estimate of drug-likeness (QED) is 0.756. The Morgan fingerprint density at radius 2 is 1.37 bits per heavy atom. The maximum absolute atomic E-state index is 2.26. The molecule has 0 aliphatic carbocycles. The third-order valence-corrected chi connectivity index (χ3v) is 3.29. The number of para-hydroxylation sites is 1. The largest absolute Gasteiger partial charge is 1.00 e. The van der Waals surface area contributed by atoms with Crippen molar-refractivity contribution in [3.63, 3.8) is 0 Å². The van der Waals surface area contributed by atoms with Crippen LogP contribution in [-0.2, 0) is 6.42 Å². The molecule has 0 radical (unpaired) electrons. The fraction of sp³-hybridized carbons (Fsp3) is 0.294. The van der Waals surface area contributed by atoms with Crippen molar-refractivity contribution in [3.8, 4) is 0 Å². The zero-order valence-corrected chi connectivity index (χ0v) is 13.1. The summed E-state index contributed by atoms with van der Waals surface area (Å²) in [5, 5.41) is 0. The Kier molecular flexibility index (Phi) is 7.46. The van der Waals surface area contributed by atoms with Gasteiger partial charge in [0, 0.05) is 6.42 Å². The lowest BCUT2D eigenvalue weighted by Crippen LogP contribution is -3.07. The molecule has 0 fully saturated rings. The van der Waals surface area contributed by atoms with Crippen molar-refractivity contribution in [1.82, 2.24) is 0 Å². The molecule has 0 heterocycles. The molecule has 2 aromatic carbocycles. The van der Waals surface area contributed by atoms with E-state index in [1.54, 1.807) is 4.90 Å². The van der Waals surface area contributed by atoms with Crippen LogP contribution >= 0.6 is 0 Å². The molecule has 1 atom stereocenters. The zero-order chi connectivity index (χ0) is 12.6. The lowest BCUT2D eigenvalue weighted by atomic mass is 10.1. The number of halogens is 1. The molecule has 1 unspecified atom stereocenters. The minimum absolute atomic E-state index is 0. The van der Waals surface area contributed by atoms with Gasteiger partial charge in [-0.15, -0.1) is 0 Å². The fourth-order valence-electron chi connectivity index (χ4n) is 2.33. The summed E-state index contributed by atoms with van der Waals surface area (Å²) >= 11 is 0. The average molecular weight is 320 g/mol. The van der Waals surface area contributed by atoms with Crippen LogP contribution < -0.4 is 21.9 Å². The molecule has 0 spiro atoms. The van der Waals surface area contributed by atoms with Gasteiger partial charge in [0.05, 0.1) is 13.1 Å². The van der Waals surface area contributed by atoms with Crippen LogP contribution in [0.1, 0.15) is 18.9 Å².